The second-order valence-electron chi connectivity index (χ2n) is 23.4. The summed E-state index contributed by atoms with van der Waals surface area (Å²) in [6.45, 7) is 17.6. The van der Waals surface area contributed by atoms with Crippen LogP contribution in [0.5, 0.6) is 11.5 Å². The van der Waals surface area contributed by atoms with E-state index in [0.29, 0.717) is 13.2 Å². The van der Waals surface area contributed by atoms with Gasteiger partial charge in [0.2, 0.25) is 0 Å². The molecule has 0 saturated heterocycles. The van der Waals surface area contributed by atoms with Gasteiger partial charge in [-0.25, -0.2) is 0 Å². The first-order valence-corrected chi connectivity index (χ1v) is 30.4. The van der Waals surface area contributed by atoms with Gasteiger partial charge in [0.1, 0.15) is 24.7 Å². The van der Waals surface area contributed by atoms with Crippen molar-refractivity contribution in [2.45, 2.75) is 38.5 Å². The van der Waals surface area contributed by atoms with Gasteiger partial charge in [-0.15, -0.1) is 0 Å². The maximum absolute atomic E-state index is 6.06. The summed E-state index contributed by atoms with van der Waals surface area (Å²) < 4.78 is 12.1. The van der Waals surface area contributed by atoms with Crippen molar-refractivity contribution in [1.29, 1.82) is 0 Å². The first kappa shape index (κ1) is 55.2. The fraction of sp³-hybridized carbons (Fsp3) is 0.0952. The number of hydrogen-bond acceptors (Lipinski definition) is 4. The molecule has 12 aromatic carbocycles. The van der Waals surface area contributed by atoms with E-state index in [-0.39, 0.29) is 0 Å². The maximum Gasteiger partial charge on any atom is 0.119 e. The predicted molar refractivity (Wildman–Crippen MR) is 366 cm³/mol. The maximum atomic E-state index is 6.06. The topological polar surface area (TPSA) is 24.9 Å². The summed E-state index contributed by atoms with van der Waals surface area (Å²) in [4.78, 5) is 4.79. The van der Waals surface area contributed by atoms with E-state index in [9.17, 15) is 0 Å². The number of nitrogens with zero attached hydrogens (tertiary/aromatic N) is 2. The third-order valence-electron chi connectivity index (χ3n) is 18.1. The number of hydrogen-bond donors (Lipinski definition) is 0. The predicted octanol–water partition coefficient (Wildman–Crippen LogP) is 21.4. The van der Waals surface area contributed by atoms with Crippen LogP contribution in [0.4, 0.5) is 34.1 Å². The standard InChI is InChI=1S/C84H68N2O2/c1-7-51-87-71-45-35-63(36-46-71)83(79-53-57(3)27-29-59(79)5)77-25-17-15-23-73(77)75-49-43-69(55-81(75)83)85(65-19-11-9-12-20-65)67-39-31-61(32-40-67)62-33-41-68(42-34-62)86(66-21-13-10-14-22-66)70-44-50-76-74-24-16-18-26-78(74)84(82(76)56-70,80-54-58(4)28-30-60(80)6)64-37-47-72(48-38-64)88-52-8-2/h7-50,53-56H,1-2,51-52H2,3-6H3. The van der Waals surface area contributed by atoms with Crippen LogP contribution in [0.2, 0.25) is 0 Å². The molecule has 0 heterocycles. The third-order valence-corrected chi connectivity index (χ3v) is 18.1. The number of para-hydroxylation sites is 2. The summed E-state index contributed by atoms with van der Waals surface area (Å²) in [7, 11) is 0. The Hall–Kier alpha value is -10.7. The van der Waals surface area contributed by atoms with Gasteiger partial charge in [-0.2, -0.15) is 0 Å². The summed E-state index contributed by atoms with van der Waals surface area (Å²) in [5.74, 6) is 1.63. The largest absolute Gasteiger partial charge is 0.490 e. The van der Waals surface area contributed by atoms with Gasteiger partial charge in [0, 0.05) is 34.1 Å². The minimum atomic E-state index is -0.616. The highest BCUT2D eigenvalue weighted by Gasteiger charge is 2.49. The number of fused-ring (bicyclic) bond motifs is 6. The van der Waals surface area contributed by atoms with Crippen LogP contribution in [-0.2, 0) is 10.8 Å². The molecule has 12 aromatic rings. The average molecular weight is 1140 g/mol. The number of ether oxygens (including phenoxy) is 2. The van der Waals surface area contributed by atoms with Crippen LogP contribution >= 0.6 is 0 Å². The van der Waals surface area contributed by atoms with Gasteiger partial charge in [-0.1, -0.05) is 218 Å². The molecule has 4 nitrogen and oxygen atoms in total. The summed E-state index contributed by atoms with van der Waals surface area (Å²) in [6.07, 6.45) is 3.58. The monoisotopic (exact) mass is 1140 g/mol. The molecular formula is C84H68N2O2. The van der Waals surface area contributed by atoms with Crippen LogP contribution in [0, 0.1) is 27.7 Å². The Balaban J connectivity index is 0.851. The Morgan fingerprint density at radius 3 is 1.03 bits per heavy atom. The van der Waals surface area contributed by atoms with Crippen LogP contribution in [0.1, 0.15) is 66.8 Å². The third kappa shape index (κ3) is 9.32. The van der Waals surface area contributed by atoms with Crippen molar-refractivity contribution in [3.8, 4) is 44.9 Å². The molecule has 88 heavy (non-hydrogen) atoms. The zero-order valence-corrected chi connectivity index (χ0v) is 50.3. The smallest absolute Gasteiger partial charge is 0.119 e. The molecule has 2 aliphatic carbocycles. The summed E-state index contributed by atoms with van der Waals surface area (Å²) >= 11 is 0. The molecule has 426 valence electrons. The minimum absolute atomic E-state index is 0.446. The zero-order valence-electron chi connectivity index (χ0n) is 50.3. The quantitative estimate of drug-likeness (QED) is 0.0849. The van der Waals surface area contributed by atoms with E-state index in [1.807, 2.05) is 0 Å². The van der Waals surface area contributed by atoms with Crippen molar-refractivity contribution < 1.29 is 9.47 Å². The minimum Gasteiger partial charge on any atom is -0.490 e. The Kier molecular flexibility index (Phi) is 14.4. The van der Waals surface area contributed by atoms with E-state index >= 15 is 0 Å². The van der Waals surface area contributed by atoms with E-state index in [1.54, 1.807) is 12.2 Å². The van der Waals surface area contributed by atoms with Gasteiger partial charge in [0.05, 0.1) is 10.8 Å². The van der Waals surface area contributed by atoms with E-state index in [4.69, 9.17) is 9.47 Å². The van der Waals surface area contributed by atoms with Gasteiger partial charge >= 0.3 is 0 Å². The lowest BCUT2D eigenvalue weighted by molar-refractivity contribution is 0.363. The molecule has 4 heteroatoms. The summed E-state index contributed by atoms with van der Waals surface area (Å²) in [5, 5.41) is 0. The van der Waals surface area contributed by atoms with Crippen molar-refractivity contribution in [3.05, 3.63) is 371 Å². The lowest BCUT2D eigenvalue weighted by Gasteiger charge is -2.36. The van der Waals surface area contributed by atoms with E-state index in [2.05, 4.69) is 330 Å². The highest BCUT2D eigenvalue weighted by Crippen LogP contribution is 2.60. The zero-order chi connectivity index (χ0) is 59.9. The number of aryl methyl sites for hydroxylation is 4. The molecule has 2 unspecified atom stereocenters. The highest BCUT2D eigenvalue weighted by molar-refractivity contribution is 5.92. The van der Waals surface area contributed by atoms with Gasteiger partial charge < -0.3 is 19.3 Å². The average Bonchev–Trinajstić information content (AvgIpc) is 1.55. The fourth-order valence-electron chi connectivity index (χ4n) is 14.2. The van der Waals surface area contributed by atoms with Crippen LogP contribution in [-0.4, -0.2) is 13.2 Å². The Labute approximate surface area is 518 Å². The molecule has 0 fully saturated rings. The second kappa shape index (κ2) is 23.0. The normalized spacial score (nSPS) is 15.1. The molecule has 0 saturated carbocycles. The van der Waals surface area contributed by atoms with Crippen LogP contribution in [0.25, 0.3) is 33.4 Å². The number of rotatable bonds is 17. The summed E-state index contributed by atoms with van der Waals surface area (Å²) in [6, 6.07) is 103. The molecule has 2 atom stereocenters. The Morgan fingerprint density at radius 1 is 0.307 bits per heavy atom. The fourth-order valence-corrected chi connectivity index (χ4v) is 14.2. The van der Waals surface area contributed by atoms with Crippen molar-refractivity contribution in [2.75, 3.05) is 23.0 Å². The van der Waals surface area contributed by atoms with Crippen LogP contribution in [0.3, 0.4) is 0 Å². The first-order valence-electron chi connectivity index (χ1n) is 30.4. The van der Waals surface area contributed by atoms with Gasteiger partial charge in [-0.05, 0) is 214 Å². The SMILES string of the molecule is C=CCOc1ccc(C2(c3cc(C)ccc3C)c3ccccc3-c3ccc(N(c4ccccc4)c4ccc(-c5ccc(N(c6ccccc6)c6ccc7c(c6)C(c6ccc(OCC=C)cc6)(c6cc(C)ccc6C)c6ccccc6-7)cc5)cc4)cc32)cc1. The van der Waals surface area contributed by atoms with Gasteiger partial charge in [0.15, 0.2) is 0 Å². The van der Waals surface area contributed by atoms with E-state index < -0.39 is 10.8 Å². The highest BCUT2D eigenvalue weighted by atomic mass is 16.5. The van der Waals surface area contributed by atoms with Crippen molar-refractivity contribution in [2.24, 2.45) is 0 Å². The van der Waals surface area contributed by atoms with Gasteiger partial charge in [0.25, 0.3) is 0 Å². The Bertz CT molecular complexity index is 4270. The molecule has 0 bridgehead atoms. The lowest BCUT2D eigenvalue weighted by Crippen LogP contribution is -2.30. The van der Waals surface area contributed by atoms with Crippen molar-refractivity contribution in [1.82, 2.24) is 0 Å². The molecule has 0 aromatic heterocycles. The molecule has 0 N–H and O–H groups in total. The van der Waals surface area contributed by atoms with Crippen molar-refractivity contribution in [3.63, 3.8) is 0 Å². The number of anilines is 6. The first-order chi connectivity index (χ1) is 43.2. The second-order valence-corrected chi connectivity index (χ2v) is 23.4. The van der Waals surface area contributed by atoms with Gasteiger partial charge in [-0.3, -0.25) is 0 Å². The van der Waals surface area contributed by atoms with Crippen LogP contribution < -0.4 is 19.3 Å². The molecule has 0 amide bonds. The lowest BCUT2D eigenvalue weighted by atomic mass is 9.66. The Morgan fingerprint density at radius 2 is 0.648 bits per heavy atom. The van der Waals surface area contributed by atoms with Crippen molar-refractivity contribution >= 4 is 34.1 Å². The molecule has 2 aliphatic rings. The number of benzene rings is 12. The van der Waals surface area contributed by atoms with E-state index in [0.717, 1.165) is 56.8 Å². The van der Waals surface area contributed by atoms with E-state index in [1.165, 1.54) is 89.0 Å². The molecule has 14 rings (SSSR count). The molecular weight excluding hydrogens is 1070 g/mol. The molecule has 0 spiro atoms. The van der Waals surface area contributed by atoms with Crippen LogP contribution in [0.15, 0.2) is 304 Å². The summed E-state index contributed by atoms with van der Waals surface area (Å²) in [5.41, 5.74) is 27.2. The molecule has 0 radical (unpaired) electrons. The molecule has 0 aliphatic heterocycles.